The first-order valence-corrected chi connectivity index (χ1v) is 11.8. The maximum atomic E-state index is 12.6. The molecule has 4 heterocycles. The van der Waals surface area contributed by atoms with Crippen molar-refractivity contribution in [2.24, 2.45) is 0 Å². The summed E-state index contributed by atoms with van der Waals surface area (Å²) in [4.78, 5) is 33.9. The fraction of sp³-hybridized carbons (Fsp3) is 0.478. The van der Waals surface area contributed by atoms with Crippen molar-refractivity contribution in [3.05, 3.63) is 39.9 Å². The molecule has 1 atom stereocenters. The summed E-state index contributed by atoms with van der Waals surface area (Å²) >= 11 is 1.56. The van der Waals surface area contributed by atoms with Crippen molar-refractivity contribution in [1.29, 1.82) is 5.26 Å². The SMILES string of the molecule is CC(C)(C)OC(=O)N1CCc2c(sc3ncnc(C4(C#N)CCc5nc(N)ncc5C4)c23)C1. The van der Waals surface area contributed by atoms with Crippen molar-refractivity contribution >= 4 is 33.6 Å². The van der Waals surface area contributed by atoms with E-state index >= 15 is 0 Å². The molecule has 170 valence electrons. The lowest BCUT2D eigenvalue weighted by Crippen LogP contribution is -2.39. The molecule has 3 aromatic rings. The molecule has 33 heavy (non-hydrogen) atoms. The third-order valence-electron chi connectivity index (χ3n) is 6.21. The third-order valence-corrected chi connectivity index (χ3v) is 7.33. The first kappa shape index (κ1) is 21.5. The van der Waals surface area contributed by atoms with Gasteiger partial charge in [-0.3, -0.25) is 0 Å². The molecule has 1 unspecified atom stereocenters. The van der Waals surface area contributed by atoms with Gasteiger partial charge in [0.25, 0.3) is 0 Å². The Hall–Kier alpha value is -3.32. The molecular weight excluding hydrogens is 438 g/mol. The highest BCUT2D eigenvalue weighted by Crippen LogP contribution is 2.43. The molecule has 0 radical (unpaired) electrons. The van der Waals surface area contributed by atoms with Gasteiger partial charge in [0.2, 0.25) is 5.95 Å². The Morgan fingerprint density at radius 1 is 1.30 bits per heavy atom. The predicted molar refractivity (Wildman–Crippen MR) is 124 cm³/mol. The lowest BCUT2D eigenvalue weighted by Gasteiger charge is -2.32. The summed E-state index contributed by atoms with van der Waals surface area (Å²) in [6.07, 6.45) is 5.36. The van der Waals surface area contributed by atoms with Crippen LogP contribution in [0.1, 0.15) is 54.6 Å². The molecule has 0 bridgehead atoms. The molecule has 1 aliphatic carbocycles. The fourth-order valence-electron chi connectivity index (χ4n) is 4.69. The van der Waals surface area contributed by atoms with E-state index in [1.54, 1.807) is 28.8 Å². The molecule has 3 aromatic heterocycles. The first-order chi connectivity index (χ1) is 15.7. The molecule has 0 aromatic carbocycles. The standard InChI is InChI=1S/C23H25N7O2S/c1-22(2,3)32-21(31)30-7-5-14-16(10-30)33-19-17(14)18(27-12-28-19)23(11-24)6-4-15-13(8-23)9-26-20(25)29-15/h9,12H,4-8,10H2,1-3H3,(H2,25,26,29). The molecule has 0 fully saturated rings. The molecule has 2 N–H and O–H groups in total. The Kier molecular flexibility index (Phi) is 4.97. The zero-order valence-corrected chi connectivity index (χ0v) is 19.7. The van der Waals surface area contributed by atoms with Gasteiger partial charge >= 0.3 is 6.09 Å². The first-order valence-electron chi connectivity index (χ1n) is 10.9. The van der Waals surface area contributed by atoms with Crippen molar-refractivity contribution in [2.75, 3.05) is 12.3 Å². The minimum absolute atomic E-state index is 0.254. The highest BCUT2D eigenvalue weighted by atomic mass is 32.1. The molecule has 0 saturated heterocycles. The second-order valence-electron chi connectivity index (χ2n) is 9.63. The van der Waals surface area contributed by atoms with Crippen LogP contribution in [0.25, 0.3) is 10.2 Å². The zero-order chi connectivity index (χ0) is 23.4. The Balaban J connectivity index is 1.53. The topological polar surface area (TPSA) is 131 Å². The van der Waals surface area contributed by atoms with Crippen LogP contribution in [0, 0.1) is 11.3 Å². The summed E-state index contributed by atoms with van der Waals surface area (Å²) in [6.45, 7) is 6.62. The van der Waals surface area contributed by atoms with E-state index in [0.717, 1.165) is 37.6 Å². The predicted octanol–water partition coefficient (Wildman–Crippen LogP) is 3.31. The van der Waals surface area contributed by atoms with Crippen LogP contribution in [0.5, 0.6) is 0 Å². The van der Waals surface area contributed by atoms with Crippen molar-refractivity contribution < 1.29 is 9.53 Å². The number of hydrogen-bond donors (Lipinski definition) is 1. The summed E-state index contributed by atoms with van der Waals surface area (Å²) < 4.78 is 5.56. The third kappa shape index (κ3) is 3.76. The van der Waals surface area contributed by atoms with Gasteiger partial charge in [0, 0.05) is 35.1 Å². The number of aryl methyl sites for hydroxylation is 1. The number of ether oxygens (including phenoxy) is 1. The monoisotopic (exact) mass is 463 g/mol. The Bertz CT molecular complexity index is 1310. The number of nitriles is 1. The van der Waals surface area contributed by atoms with Gasteiger partial charge in [-0.15, -0.1) is 11.3 Å². The number of nitrogens with zero attached hydrogens (tertiary/aromatic N) is 6. The van der Waals surface area contributed by atoms with Gasteiger partial charge in [-0.05, 0) is 51.2 Å². The van der Waals surface area contributed by atoms with Crippen LogP contribution in [-0.2, 0) is 36.0 Å². The Morgan fingerprint density at radius 3 is 2.88 bits per heavy atom. The van der Waals surface area contributed by atoms with Crippen LogP contribution in [0.3, 0.4) is 0 Å². The molecule has 10 heteroatoms. The molecule has 0 spiro atoms. The summed E-state index contributed by atoms with van der Waals surface area (Å²) in [5, 5.41) is 11.3. The summed E-state index contributed by atoms with van der Waals surface area (Å²) in [5.74, 6) is 0.254. The van der Waals surface area contributed by atoms with Crippen LogP contribution in [0.2, 0.25) is 0 Å². The summed E-state index contributed by atoms with van der Waals surface area (Å²) in [5.41, 5.74) is 8.16. The smallest absolute Gasteiger partial charge is 0.410 e. The lowest BCUT2D eigenvalue weighted by molar-refractivity contribution is 0.0227. The average molecular weight is 464 g/mol. The quantitative estimate of drug-likeness (QED) is 0.581. The number of anilines is 1. The minimum atomic E-state index is -0.787. The number of fused-ring (bicyclic) bond motifs is 4. The van der Waals surface area contributed by atoms with Gasteiger partial charge in [-0.2, -0.15) is 5.26 Å². The normalized spacial score (nSPS) is 20.1. The number of amides is 1. The van der Waals surface area contributed by atoms with E-state index in [1.807, 2.05) is 20.8 Å². The maximum Gasteiger partial charge on any atom is 0.410 e. The number of carbonyl (C=O) groups excluding carboxylic acids is 1. The number of rotatable bonds is 1. The number of thiophene rings is 1. The molecular formula is C23H25N7O2S. The fourth-order valence-corrected chi connectivity index (χ4v) is 5.89. The molecule has 1 aliphatic heterocycles. The number of hydrogen-bond acceptors (Lipinski definition) is 9. The molecule has 2 aliphatic rings. The minimum Gasteiger partial charge on any atom is -0.444 e. The second kappa shape index (κ2) is 7.63. The van der Waals surface area contributed by atoms with E-state index in [4.69, 9.17) is 10.5 Å². The van der Waals surface area contributed by atoms with Gasteiger partial charge < -0.3 is 15.4 Å². The van der Waals surface area contributed by atoms with Crippen molar-refractivity contribution in [2.45, 2.75) is 64.0 Å². The molecule has 1 amide bonds. The highest BCUT2D eigenvalue weighted by Gasteiger charge is 2.41. The van der Waals surface area contributed by atoms with E-state index in [0.29, 0.717) is 38.8 Å². The van der Waals surface area contributed by atoms with Crippen molar-refractivity contribution in [3.8, 4) is 6.07 Å². The van der Waals surface area contributed by atoms with E-state index in [9.17, 15) is 10.1 Å². The number of aromatic nitrogens is 4. The van der Waals surface area contributed by atoms with Crippen LogP contribution < -0.4 is 5.73 Å². The van der Waals surface area contributed by atoms with Crippen LogP contribution in [0.15, 0.2) is 12.5 Å². The molecule has 5 rings (SSSR count). The van der Waals surface area contributed by atoms with Gasteiger partial charge in [0.1, 0.15) is 22.2 Å². The largest absolute Gasteiger partial charge is 0.444 e. The van der Waals surface area contributed by atoms with E-state index in [-0.39, 0.29) is 12.0 Å². The number of nitrogens with two attached hydrogens (primary N) is 1. The maximum absolute atomic E-state index is 12.6. The lowest BCUT2D eigenvalue weighted by atomic mass is 9.71. The van der Waals surface area contributed by atoms with Gasteiger partial charge in [-0.25, -0.2) is 24.7 Å². The van der Waals surface area contributed by atoms with E-state index in [1.165, 1.54) is 0 Å². The second-order valence-corrected chi connectivity index (χ2v) is 10.7. The molecule has 9 nitrogen and oxygen atoms in total. The Labute approximate surface area is 195 Å². The summed E-state index contributed by atoms with van der Waals surface area (Å²) in [7, 11) is 0. The Morgan fingerprint density at radius 2 is 2.12 bits per heavy atom. The van der Waals surface area contributed by atoms with Gasteiger partial charge in [0.15, 0.2) is 0 Å². The molecule has 0 saturated carbocycles. The number of nitrogen functional groups attached to an aromatic ring is 1. The van der Waals surface area contributed by atoms with Crippen LogP contribution in [0.4, 0.5) is 10.7 Å². The zero-order valence-electron chi connectivity index (χ0n) is 18.9. The van der Waals surface area contributed by atoms with Crippen LogP contribution in [-0.4, -0.2) is 43.1 Å². The van der Waals surface area contributed by atoms with E-state index in [2.05, 4.69) is 26.0 Å². The average Bonchev–Trinajstić information content (AvgIpc) is 3.15. The van der Waals surface area contributed by atoms with Crippen LogP contribution >= 0.6 is 11.3 Å². The van der Waals surface area contributed by atoms with Gasteiger partial charge in [-0.1, -0.05) is 0 Å². The number of carbonyl (C=O) groups is 1. The van der Waals surface area contributed by atoms with E-state index < -0.39 is 11.0 Å². The summed E-state index contributed by atoms with van der Waals surface area (Å²) in [6, 6.07) is 2.57. The van der Waals surface area contributed by atoms with Crippen molar-refractivity contribution in [1.82, 2.24) is 24.8 Å². The van der Waals surface area contributed by atoms with Crippen molar-refractivity contribution in [3.63, 3.8) is 0 Å². The van der Waals surface area contributed by atoms with Gasteiger partial charge in [0.05, 0.1) is 18.3 Å². The highest BCUT2D eigenvalue weighted by molar-refractivity contribution is 7.18.